The minimum absolute atomic E-state index is 0.0517. The van der Waals surface area contributed by atoms with Crippen molar-refractivity contribution in [3.8, 4) is 0 Å². The zero-order chi connectivity index (χ0) is 23.5. The highest BCUT2D eigenvalue weighted by molar-refractivity contribution is 6.39. The summed E-state index contributed by atoms with van der Waals surface area (Å²) in [6.45, 7) is 0.688. The fourth-order valence-corrected chi connectivity index (χ4v) is 3.12. The number of hydrogen-bond acceptors (Lipinski definition) is 8. The number of H-pyrrole nitrogens is 1. The van der Waals surface area contributed by atoms with Crippen molar-refractivity contribution in [2.45, 2.75) is 38.0 Å². The van der Waals surface area contributed by atoms with Crippen molar-refractivity contribution in [2.75, 3.05) is 18.5 Å². The molecule has 0 saturated heterocycles. The fraction of sp³-hybridized carbons (Fsp3) is 0.381. The molecule has 1 aromatic carbocycles. The molecule has 0 bridgehead atoms. The Bertz CT molecular complexity index is 965. The predicted molar refractivity (Wildman–Crippen MR) is 117 cm³/mol. The first-order chi connectivity index (χ1) is 16.0. The average molecular weight is 458 g/mol. The van der Waals surface area contributed by atoms with Crippen LogP contribution in [0, 0.1) is 0 Å². The Morgan fingerprint density at radius 3 is 2.67 bits per heavy atom. The number of nitrogens with one attached hydrogen (secondary N) is 4. The number of aromatic nitrogens is 2. The summed E-state index contributed by atoms with van der Waals surface area (Å²) in [4.78, 5) is 49.0. The highest BCUT2D eigenvalue weighted by Gasteiger charge is 2.43. The number of unbranched alkanes of at least 4 members (excludes halogenated alkanes) is 1. The van der Waals surface area contributed by atoms with Crippen molar-refractivity contribution in [3.05, 3.63) is 48.3 Å². The summed E-state index contributed by atoms with van der Waals surface area (Å²) >= 11 is 0. The number of alkyl carbamates (subject to hydrolysis) is 1. The van der Waals surface area contributed by atoms with Gasteiger partial charge in [0, 0.05) is 31.8 Å². The first kappa shape index (κ1) is 23.6. The van der Waals surface area contributed by atoms with E-state index in [4.69, 9.17) is 9.57 Å². The number of ether oxygens (including phenoxy) is 1. The van der Waals surface area contributed by atoms with Crippen LogP contribution in [0.5, 0.6) is 0 Å². The van der Waals surface area contributed by atoms with Crippen LogP contribution in [0.1, 0.15) is 31.2 Å². The Morgan fingerprint density at radius 2 is 2.00 bits per heavy atom. The van der Waals surface area contributed by atoms with Crippen LogP contribution in [-0.4, -0.2) is 57.6 Å². The number of carbonyl (C=O) groups is 3. The SMILES string of the molecule is O=C(NC(CCCCNc1ncc[nH]1)(NC(=O)C1=NOCC1)C(=O)O)OCc1ccccc1. The van der Waals surface area contributed by atoms with E-state index >= 15 is 0 Å². The monoisotopic (exact) mass is 458 g/mol. The minimum Gasteiger partial charge on any atom is -0.478 e. The van der Waals surface area contributed by atoms with Gasteiger partial charge >= 0.3 is 12.1 Å². The number of benzene rings is 1. The van der Waals surface area contributed by atoms with E-state index < -0.39 is 23.6 Å². The van der Waals surface area contributed by atoms with Gasteiger partial charge in [0.1, 0.15) is 18.9 Å². The van der Waals surface area contributed by atoms with Crippen LogP contribution in [0.2, 0.25) is 0 Å². The number of carbonyl (C=O) groups excluding carboxylic acids is 2. The number of imidazole rings is 1. The third kappa shape index (κ3) is 6.95. The normalized spacial score (nSPS) is 14.4. The van der Waals surface area contributed by atoms with Gasteiger partial charge < -0.3 is 30.3 Å². The molecule has 0 aliphatic carbocycles. The largest absolute Gasteiger partial charge is 0.478 e. The summed E-state index contributed by atoms with van der Waals surface area (Å²) in [5.41, 5.74) is -1.29. The van der Waals surface area contributed by atoms with Gasteiger partial charge in [0.25, 0.3) is 5.91 Å². The molecule has 176 valence electrons. The lowest BCUT2D eigenvalue weighted by Gasteiger charge is -2.31. The lowest BCUT2D eigenvalue weighted by atomic mass is 10.0. The fourth-order valence-electron chi connectivity index (χ4n) is 3.12. The van der Waals surface area contributed by atoms with Crippen LogP contribution < -0.4 is 16.0 Å². The van der Waals surface area contributed by atoms with E-state index in [1.165, 1.54) is 0 Å². The zero-order valence-electron chi connectivity index (χ0n) is 17.9. The molecule has 0 radical (unpaired) electrons. The molecule has 1 unspecified atom stereocenters. The maximum Gasteiger partial charge on any atom is 0.409 e. The van der Waals surface area contributed by atoms with E-state index in [1.807, 2.05) is 6.07 Å². The third-order valence-corrected chi connectivity index (χ3v) is 4.86. The molecular formula is C21H26N6O6. The molecule has 0 saturated carbocycles. The molecule has 3 rings (SSSR count). The number of carboxylic acids is 1. The van der Waals surface area contributed by atoms with Gasteiger partial charge in [-0.2, -0.15) is 0 Å². The molecule has 12 heteroatoms. The number of rotatable bonds is 12. The third-order valence-electron chi connectivity index (χ3n) is 4.86. The van der Waals surface area contributed by atoms with Gasteiger partial charge in [-0.1, -0.05) is 35.5 Å². The van der Waals surface area contributed by atoms with Gasteiger partial charge in [-0.25, -0.2) is 14.6 Å². The van der Waals surface area contributed by atoms with Crippen LogP contribution in [0.3, 0.4) is 0 Å². The number of aromatic amines is 1. The van der Waals surface area contributed by atoms with Gasteiger partial charge in [0.15, 0.2) is 5.95 Å². The van der Waals surface area contributed by atoms with E-state index in [2.05, 4.69) is 31.1 Å². The Kier molecular flexibility index (Phi) is 8.22. The molecular weight excluding hydrogens is 432 g/mol. The van der Waals surface area contributed by atoms with Crippen LogP contribution in [0.4, 0.5) is 10.7 Å². The lowest BCUT2D eigenvalue weighted by molar-refractivity contribution is -0.148. The summed E-state index contributed by atoms with van der Waals surface area (Å²) in [5, 5.41) is 21.4. The second-order valence-electron chi connectivity index (χ2n) is 7.29. The maximum absolute atomic E-state index is 12.6. The summed E-state index contributed by atoms with van der Waals surface area (Å²) < 4.78 is 5.17. The smallest absolute Gasteiger partial charge is 0.409 e. The molecule has 1 aliphatic rings. The highest BCUT2D eigenvalue weighted by Crippen LogP contribution is 2.15. The van der Waals surface area contributed by atoms with Gasteiger partial charge in [-0.05, 0) is 18.4 Å². The van der Waals surface area contributed by atoms with Gasteiger partial charge in [0.2, 0.25) is 5.66 Å². The standard InChI is InChI=1S/C21H26N6O6/c28-17(16-8-13-33-27-16)25-21(18(29)30,9-4-5-10-22-19-23-11-12-24-19)26-20(31)32-14-15-6-2-1-3-7-15/h1-3,6-7,11-12H,4-5,8-10,13-14H2,(H,25,28)(H,26,31)(H,29,30)(H2,22,23,24). The summed E-state index contributed by atoms with van der Waals surface area (Å²) in [5.74, 6) is -1.56. The summed E-state index contributed by atoms with van der Waals surface area (Å²) in [6.07, 6.45) is 3.38. The van der Waals surface area contributed by atoms with E-state index in [-0.39, 0.29) is 31.8 Å². The molecule has 2 aromatic rings. The first-order valence-corrected chi connectivity index (χ1v) is 10.5. The number of nitrogens with zero attached hydrogens (tertiary/aromatic N) is 2. The number of oxime groups is 1. The number of anilines is 1. The molecule has 0 spiro atoms. The van der Waals surface area contributed by atoms with Crippen molar-refractivity contribution in [1.82, 2.24) is 20.6 Å². The molecule has 12 nitrogen and oxygen atoms in total. The Hall–Kier alpha value is -4.09. The van der Waals surface area contributed by atoms with Crippen LogP contribution in [0.15, 0.2) is 47.9 Å². The van der Waals surface area contributed by atoms with Crippen LogP contribution >= 0.6 is 0 Å². The number of hydrogen-bond donors (Lipinski definition) is 5. The first-order valence-electron chi connectivity index (χ1n) is 10.5. The maximum atomic E-state index is 12.6. The van der Waals surface area contributed by atoms with E-state index in [1.54, 1.807) is 36.7 Å². The van der Waals surface area contributed by atoms with Crippen molar-refractivity contribution in [2.24, 2.45) is 5.16 Å². The van der Waals surface area contributed by atoms with E-state index in [0.29, 0.717) is 25.3 Å². The molecule has 33 heavy (non-hydrogen) atoms. The molecule has 1 aromatic heterocycles. The Balaban J connectivity index is 1.63. The minimum atomic E-state index is -2.08. The molecule has 5 N–H and O–H groups in total. The lowest BCUT2D eigenvalue weighted by Crippen LogP contribution is -2.66. The van der Waals surface area contributed by atoms with Gasteiger partial charge in [0.05, 0.1) is 0 Å². The molecule has 2 heterocycles. The summed E-state index contributed by atoms with van der Waals surface area (Å²) in [7, 11) is 0. The van der Waals surface area contributed by atoms with Crippen molar-refractivity contribution >= 4 is 29.6 Å². The number of amides is 2. The molecule has 2 amide bonds. The molecule has 0 fully saturated rings. The number of carboxylic acid groups (broad SMARTS) is 1. The van der Waals surface area contributed by atoms with E-state index in [0.717, 1.165) is 5.56 Å². The molecule has 1 atom stereocenters. The average Bonchev–Trinajstić information content (AvgIpc) is 3.52. The second kappa shape index (κ2) is 11.5. The van der Waals surface area contributed by atoms with Crippen LogP contribution in [-0.2, 0) is 25.8 Å². The van der Waals surface area contributed by atoms with Gasteiger partial charge in [-0.15, -0.1) is 0 Å². The quantitative estimate of drug-likeness (QED) is 0.236. The van der Waals surface area contributed by atoms with Crippen LogP contribution in [0.25, 0.3) is 0 Å². The Morgan fingerprint density at radius 1 is 1.18 bits per heavy atom. The zero-order valence-corrected chi connectivity index (χ0v) is 17.9. The van der Waals surface area contributed by atoms with E-state index in [9.17, 15) is 19.5 Å². The number of aliphatic carboxylic acids is 1. The topological polar surface area (TPSA) is 167 Å². The highest BCUT2D eigenvalue weighted by atomic mass is 16.6. The van der Waals surface area contributed by atoms with Crippen molar-refractivity contribution in [1.29, 1.82) is 0 Å². The molecule has 1 aliphatic heterocycles. The van der Waals surface area contributed by atoms with Crippen molar-refractivity contribution in [3.63, 3.8) is 0 Å². The van der Waals surface area contributed by atoms with Gasteiger partial charge in [-0.3, -0.25) is 10.1 Å². The summed E-state index contributed by atoms with van der Waals surface area (Å²) in [6, 6.07) is 8.94. The second-order valence-corrected chi connectivity index (χ2v) is 7.29. The Labute approximate surface area is 189 Å². The predicted octanol–water partition coefficient (Wildman–Crippen LogP) is 1.59. The van der Waals surface area contributed by atoms with Crippen molar-refractivity contribution < 1.29 is 29.1 Å².